The quantitative estimate of drug-likeness (QED) is 0.229. The number of cyclic esters (lactones) is 1. The smallest absolute Gasteiger partial charge is 0.412 e. The summed E-state index contributed by atoms with van der Waals surface area (Å²) in [5, 5.41) is 6.14. The summed E-state index contributed by atoms with van der Waals surface area (Å²) in [6, 6.07) is 11.2. The first-order chi connectivity index (χ1) is 25.6. The molecule has 4 fully saturated rings. The van der Waals surface area contributed by atoms with Crippen LogP contribution in [0, 0.1) is 29.6 Å². The van der Waals surface area contributed by atoms with Crippen molar-refractivity contribution in [1.29, 1.82) is 0 Å². The van der Waals surface area contributed by atoms with Crippen LogP contribution < -0.4 is 29.6 Å². The lowest BCUT2D eigenvalue weighted by atomic mass is 9.53. The van der Waals surface area contributed by atoms with Gasteiger partial charge in [-0.2, -0.15) is 0 Å². The summed E-state index contributed by atoms with van der Waals surface area (Å²) in [7, 11) is 4.78. The molecule has 12 heteroatoms. The van der Waals surface area contributed by atoms with Gasteiger partial charge in [0.2, 0.25) is 0 Å². The second kappa shape index (κ2) is 17.5. The van der Waals surface area contributed by atoms with E-state index in [9.17, 15) is 14.4 Å². The number of fused-ring (bicyclic) bond motifs is 2. The first-order valence-corrected chi connectivity index (χ1v) is 19.3. The normalized spacial score (nSPS) is 25.3. The van der Waals surface area contributed by atoms with Crippen LogP contribution in [0.2, 0.25) is 0 Å². The zero-order valence-electron chi connectivity index (χ0n) is 33.5. The van der Waals surface area contributed by atoms with Crippen LogP contribution in [0.25, 0.3) is 0 Å². The van der Waals surface area contributed by atoms with Gasteiger partial charge in [0.25, 0.3) is 0 Å². The molecule has 2 aromatic carbocycles. The second-order valence-corrected chi connectivity index (χ2v) is 17.3. The fourth-order valence-electron chi connectivity index (χ4n) is 9.50. The van der Waals surface area contributed by atoms with Crippen LogP contribution in [0.4, 0.5) is 9.59 Å². The Kier molecular flexibility index (Phi) is 13.3. The van der Waals surface area contributed by atoms with E-state index >= 15 is 0 Å². The number of nitrogens with one attached hydrogen (secondary N) is 2. The van der Waals surface area contributed by atoms with Gasteiger partial charge in [-0.05, 0) is 104 Å². The molecule has 6 rings (SSSR count). The number of ether oxygens (including phenoxy) is 6. The van der Waals surface area contributed by atoms with E-state index in [1.54, 1.807) is 27.4 Å². The maximum Gasteiger partial charge on any atom is 0.412 e. The number of hydrogen-bond acceptors (Lipinski definition) is 10. The molecule has 2 aliphatic carbocycles. The third kappa shape index (κ3) is 11.4. The van der Waals surface area contributed by atoms with Gasteiger partial charge >= 0.3 is 18.2 Å². The Morgan fingerprint density at radius 1 is 0.870 bits per heavy atom. The van der Waals surface area contributed by atoms with E-state index in [1.165, 1.54) is 12.8 Å². The van der Waals surface area contributed by atoms with E-state index in [4.69, 9.17) is 28.4 Å². The molecule has 4 aliphatic rings. The predicted molar refractivity (Wildman–Crippen MR) is 205 cm³/mol. The summed E-state index contributed by atoms with van der Waals surface area (Å²) in [6.07, 6.45) is 6.72. The molecular weight excluding hydrogens is 690 g/mol. The lowest BCUT2D eigenvalue weighted by molar-refractivity contribution is -0.137. The third-order valence-electron chi connectivity index (χ3n) is 11.0. The number of amides is 2. The number of methoxy groups -OCH3 is 3. The molecule has 0 spiro atoms. The highest BCUT2D eigenvalue weighted by Crippen LogP contribution is 2.55. The summed E-state index contributed by atoms with van der Waals surface area (Å²) < 4.78 is 31.9. The van der Waals surface area contributed by atoms with Gasteiger partial charge in [-0.25, -0.2) is 9.59 Å². The monoisotopic (exact) mass is 751 g/mol. The third-order valence-corrected chi connectivity index (χ3v) is 11.0. The summed E-state index contributed by atoms with van der Waals surface area (Å²) in [4.78, 5) is 38.4. The SMILES string of the molecule is COc1cc(C)ccc1OC(=O)NCCN1CCC(OC(=O)NC23CC(CC(C)(C)C2)CC(C)(C)C3)C1.COc1ccc(CC2COC(=O)C2)cc1OC. The van der Waals surface area contributed by atoms with Gasteiger partial charge < -0.3 is 39.1 Å². The van der Waals surface area contributed by atoms with Crippen LogP contribution in [-0.4, -0.2) is 88.8 Å². The van der Waals surface area contributed by atoms with Crippen LogP contribution >= 0.6 is 0 Å². The lowest BCUT2D eigenvalue weighted by Crippen LogP contribution is -2.60. The van der Waals surface area contributed by atoms with Gasteiger partial charge in [0.05, 0.1) is 34.4 Å². The van der Waals surface area contributed by atoms with Gasteiger partial charge in [0.15, 0.2) is 23.0 Å². The first-order valence-electron chi connectivity index (χ1n) is 19.3. The first kappa shape index (κ1) is 41.0. The molecule has 0 aromatic heterocycles. The zero-order valence-corrected chi connectivity index (χ0v) is 33.5. The number of alkyl carbamates (subject to hydrolysis) is 1. The molecule has 2 aliphatic heterocycles. The highest BCUT2D eigenvalue weighted by molar-refractivity contribution is 5.72. The van der Waals surface area contributed by atoms with E-state index in [1.807, 2.05) is 37.3 Å². The Morgan fingerprint density at radius 3 is 2.19 bits per heavy atom. The predicted octanol–water partition coefficient (Wildman–Crippen LogP) is 7.09. The Balaban J connectivity index is 0.000000274. The summed E-state index contributed by atoms with van der Waals surface area (Å²) in [5.41, 5.74) is 2.45. The van der Waals surface area contributed by atoms with Crippen molar-refractivity contribution >= 4 is 18.2 Å². The minimum Gasteiger partial charge on any atom is -0.493 e. The largest absolute Gasteiger partial charge is 0.493 e. The Morgan fingerprint density at radius 2 is 1.54 bits per heavy atom. The summed E-state index contributed by atoms with van der Waals surface area (Å²) in [5.74, 6) is 3.18. The number of rotatable bonds is 11. The number of esters is 1. The zero-order chi connectivity index (χ0) is 39.1. The van der Waals surface area contributed by atoms with Crippen molar-refractivity contribution in [2.24, 2.45) is 22.7 Å². The Hall–Kier alpha value is -4.19. The van der Waals surface area contributed by atoms with Crippen LogP contribution in [-0.2, 0) is 20.7 Å². The molecule has 2 heterocycles. The number of aryl methyl sites for hydroxylation is 1. The van der Waals surface area contributed by atoms with Crippen molar-refractivity contribution in [3.05, 3.63) is 47.5 Å². The molecule has 2 saturated heterocycles. The van der Waals surface area contributed by atoms with E-state index in [-0.39, 0.29) is 40.5 Å². The van der Waals surface area contributed by atoms with Crippen LogP contribution in [0.3, 0.4) is 0 Å². The molecule has 2 N–H and O–H groups in total. The average Bonchev–Trinajstić information content (AvgIpc) is 3.71. The summed E-state index contributed by atoms with van der Waals surface area (Å²) in [6.45, 7) is 14.4. The number of benzene rings is 2. The number of nitrogens with zero attached hydrogens (tertiary/aromatic N) is 1. The minimum absolute atomic E-state index is 0.101. The van der Waals surface area contributed by atoms with Crippen LogP contribution in [0.15, 0.2) is 36.4 Å². The molecular formula is C42H61N3O9. The van der Waals surface area contributed by atoms with Crippen molar-refractivity contribution < 1.29 is 42.8 Å². The molecule has 2 saturated carbocycles. The molecule has 2 atom stereocenters. The Labute approximate surface area is 320 Å². The minimum atomic E-state index is -0.517. The second-order valence-electron chi connectivity index (χ2n) is 17.3. The topological polar surface area (TPSA) is 134 Å². The van der Waals surface area contributed by atoms with Crippen molar-refractivity contribution in [2.45, 2.75) is 97.6 Å². The van der Waals surface area contributed by atoms with E-state index in [0.29, 0.717) is 50.1 Å². The number of carbonyl (C=O) groups excluding carboxylic acids is 3. The standard InChI is InChI=1S/C29H45N3O5.C13H16O4/c1-20-7-8-23(24(13-20)35-6)37-25(33)30-10-12-32-11-9-22(17-32)36-26(34)31-29-16-21(14-27(2,3)18-29)15-28(4,5)19-29;1-15-11-4-3-9(6-12(11)16-2)5-10-7-13(14)17-8-10/h7-8,13,21-22H,9-12,14-19H2,1-6H3,(H,30,33)(H,31,34);3-4,6,10H,5,7-8H2,1-2H3. The van der Waals surface area contributed by atoms with Gasteiger partial charge in [0, 0.05) is 37.6 Å². The van der Waals surface area contributed by atoms with E-state index in [2.05, 4.69) is 43.2 Å². The molecule has 2 unspecified atom stereocenters. The van der Waals surface area contributed by atoms with Crippen LogP contribution in [0.1, 0.15) is 83.8 Å². The maximum absolute atomic E-state index is 13.0. The molecule has 2 bridgehead atoms. The molecule has 0 radical (unpaired) electrons. The fraction of sp³-hybridized carbons (Fsp3) is 0.643. The molecule has 298 valence electrons. The van der Waals surface area contributed by atoms with Crippen molar-refractivity contribution in [2.75, 3.05) is 54.1 Å². The van der Waals surface area contributed by atoms with Crippen molar-refractivity contribution in [3.63, 3.8) is 0 Å². The highest BCUT2D eigenvalue weighted by Gasteiger charge is 2.52. The molecule has 12 nitrogen and oxygen atoms in total. The van der Waals surface area contributed by atoms with Crippen molar-refractivity contribution in [1.82, 2.24) is 15.5 Å². The van der Waals surface area contributed by atoms with Crippen LogP contribution in [0.5, 0.6) is 23.0 Å². The molecule has 2 aromatic rings. The number of carbonyl (C=O) groups is 3. The Bertz CT molecular complexity index is 1610. The lowest BCUT2D eigenvalue weighted by Gasteiger charge is -2.56. The van der Waals surface area contributed by atoms with E-state index in [0.717, 1.165) is 61.3 Å². The molecule has 54 heavy (non-hydrogen) atoms. The van der Waals surface area contributed by atoms with Gasteiger partial charge in [-0.3, -0.25) is 9.69 Å². The number of hydrogen-bond donors (Lipinski definition) is 2. The fourth-order valence-corrected chi connectivity index (χ4v) is 9.50. The number of likely N-dealkylation sites (tertiary alicyclic amines) is 1. The summed E-state index contributed by atoms with van der Waals surface area (Å²) >= 11 is 0. The molecule has 2 amide bonds. The average molecular weight is 752 g/mol. The van der Waals surface area contributed by atoms with Gasteiger partial charge in [-0.15, -0.1) is 0 Å². The van der Waals surface area contributed by atoms with Gasteiger partial charge in [0.1, 0.15) is 6.10 Å². The van der Waals surface area contributed by atoms with Gasteiger partial charge in [-0.1, -0.05) is 39.8 Å². The van der Waals surface area contributed by atoms with Crippen molar-refractivity contribution in [3.8, 4) is 23.0 Å². The van der Waals surface area contributed by atoms with E-state index < -0.39 is 6.09 Å². The highest BCUT2D eigenvalue weighted by atomic mass is 16.6. The maximum atomic E-state index is 13.0.